The van der Waals surface area contributed by atoms with Gasteiger partial charge in [-0.1, -0.05) is 84.0 Å². The monoisotopic (exact) mass is 414 g/mol. The zero-order valence-electron chi connectivity index (χ0n) is 19.0. The predicted molar refractivity (Wildman–Crippen MR) is 127 cm³/mol. The van der Waals surface area contributed by atoms with Gasteiger partial charge in [-0.3, -0.25) is 4.79 Å². The summed E-state index contributed by atoms with van der Waals surface area (Å²) in [5.41, 5.74) is 2.14. The Morgan fingerprint density at radius 3 is 2.13 bits per heavy atom. The molecule has 0 saturated heterocycles. The van der Waals surface area contributed by atoms with E-state index in [1.807, 2.05) is 12.3 Å². The fourth-order valence-electron chi connectivity index (χ4n) is 4.10. The Labute approximate surface area is 182 Å². The molecule has 0 saturated carbocycles. The summed E-state index contributed by atoms with van der Waals surface area (Å²) in [4.78, 5) is 15.2. The standard InChI is InChI=1S/C26H42N2O2/c1-2-3-4-5-6-7-8-9-10-11-12-13-14-15-26(30)27-19-18-22-21-28-25-17-16-23(29)20-24(22)25/h16-17,20-21,28-29H,2-15,18-19H2,1H3,(H,27,30). The molecule has 4 nitrogen and oxygen atoms in total. The Bertz CT molecular complexity index is 723. The second kappa shape index (κ2) is 14.9. The second-order valence-corrected chi connectivity index (χ2v) is 8.64. The first-order chi connectivity index (χ1) is 14.7. The highest BCUT2D eigenvalue weighted by Crippen LogP contribution is 2.23. The molecule has 0 aliphatic rings. The summed E-state index contributed by atoms with van der Waals surface area (Å²) >= 11 is 0. The van der Waals surface area contributed by atoms with E-state index in [4.69, 9.17) is 0 Å². The Hall–Kier alpha value is -1.97. The molecule has 30 heavy (non-hydrogen) atoms. The number of aromatic hydroxyl groups is 1. The van der Waals surface area contributed by atoms with Gasteiger partial charge in [0, 0.05) is 30.1 Å². The van der Waals surface area contributed by atoms with Crippen LogP contribution in [-0.4, -0.2) is 22.5 Å². The summed E-state index contributed by atoms with van der Waals surface area (Å²) in [6.07, 6.45) is 20.6. The Balaban J connectivity index is 1.41. The molecule has 0 aliphatic heterocycles. The zero-order valence-corrected chi connectivity index (χ0v) is 19.0. The number of benzene rings is 1. The van der Waals surface area contributed by atoms with Crippen molar-refractivity contribution in [2.24, 2.45) is 0 Å². The molecule has 4 heteroatoms. The van der Waals surface area contributed by atoms with Gasteiger partial charge in [0.15, 0.2) is 0 Å². The molecule has 0 unspecified atom stereocenters. The van der Waals surface area contributed by atoms with Crippen LogP contribution in [-0.2, 0) is 11.2 Å². The molecule has 0 spiro atoms. The number of nitrogens with one attached hydrogen (secondary N) is 2. The molecule has 3 N–H and O–H groups in total. The summed E-state index contributed by atoms with van der Waals surface area (Å²) in [5.74, 6) is 0.426. The molecular weight excluding hydrogens is 372 g/mol. The van der Waals surface area contributed by atoms with E-state index < -0.39 is 0 Å². The number of hydrogen-bond acceptors (Lipinski definition) is 2. The lowest BCUT2D eigenvalue weighted by atomic mass is 10.0. The van der Waals surface area contributed by atoms with Crippen LogP contribution in [0.5, 0.6) is 5.75 Å². The SMILES string of the molecule is CCCCCCCCCCCCCCCC(=O)NCCc1c[nH]c2ccc(O)cc12. The van der Waals surface area contributed by atoms with E-state index in [1.165, 1.54) is 70.6 Å². The van der Waals surface area contributed by atoms with Gasteiger partial charge in [0.2, 0.25) is 5.91 Å². The van der Waals surface area contributed by atoms with Gasteiger partial charge in [-0.2, -0.15) is 0 Å². The number of phenols is 1. The Morgan fingerprint density at radius 1 is 0.900 bits per heavy atom. The summed E-state index contributed by atoms with van der Waals surface area (Å²) in [5, 5.41) is 13.7. The van der Waals surface area contributed by atoms with Crippen LogP contribution >= 0.6 is 0 Å². The average Bonchev–Trinajstić information content (AvgIpc) is 3.13. The highest BCUT2D eigenvalue weighted by molar-refractivity contribution is 5.84. The highest BCUT2D eigenvalue weighted by Gasteiger charge is 2.06. The first kappa shape index (κ1) is 24.3. The topological polar surface area (TPSA) is 65.1 Å². The van der Waals surface area contributed by atoms with Gasteiger partial charge in [0.1, 0.15) is 5.75 Å². The van der Waals surface area contributed by atoms with Crippen molar-refractivity contribution in [1.29, 1.82) is 0 Å². The molecule has 0 bridgehead atoms. The predicted octanol–water partition coefficient (Wildman–Crippen LogP) is 7.01. The van der Waals surface area contributed by atoms with E-state index in [0.29, 0.717) is 13.0 Å². The molecule has 2 aromatic rings. The number of aromatic nitrogens is 1. The molecule has 1 amide bonds. The van der Waals surface area contributed by atoms with Crippen LogP contribution in [0.1, 0.15) is 102 Å². The quantitative estimate of drug-likeness (QED) is 0.244. The summed E-state index contributed by atoms with van der Waals surface area (Å²) < 4.78 is 0. The maximum atomic E-state index is 12.0. The van der Waals surface area contributed by atoms with Gasteiger partial charge in [-0.15, -0.1) is 0 Å². The van der Waals surface area contributed by atoms with Gasteiger partial charge < -0.3 is 15.4 Å². The lowest BCUT2D eigenvalue weighted by Crippen LogP contribution is -2.25. The van der Waals surface area contributed by atoms with E-state index in [-0.39, 0.29) is 11.7 Å². The smallest absolute Gasteiger partial charge is 0.220 e. The first-order valence-corrected chi connectivity index (χ1v) is 12.3. The lowest BCUT2D eigenvalue weighted by Gasteiger charge is -2.05. The Kier molecular flexibility index (Phi) is 12.1. The normalized spacial score (nSPS) is 11.2. The molecule has 1 aromatic heterocycles. The third-order valence-corrected chi connectivity index (χ3v) is 5.97. The van der Waals surface area contributed by atoms with Crippen LogP contribution in [0.2, 0.25) is 0 Å². The number of carbonyl (C=O) groups excluding carboxylic acids is 1. The average molecular weight is 415 g/mol. The number of H-pyrrole nitrogens is 1. The van der Waals surface area contributed by atoms with Crippen molar-refractivity contribution < 1.29 is 9.90 Å². The molecule has 168 valence electrons. The second-order valence-electron chi connectivity index (χ2n) is 8.64. The number of carbonyl (C=O) groups is 1. The molecule has 1 aromatic carbocycles. The first-order valence-electron chi connectivity index (χ1n) is 12.3. The van der Waals surface area contributed by atoms with Crippen molar-refractivity contribution in [2.75, 3.05) is 6.54 Å². The van der Waals surface area contributed by atoms with Crippen LogP contribution in [0, 0.1) is 0 Å². The van der Waals surface area contributed by atoms with E-state index in [2.05, 4.69) is 17.2 Å². The van der Waals surface area contributed by atoms with E-state index >= 15 is 0 Å². The fourth-order valence-corrected chi connectivity index (χ4v) is 4.10. The number of aromatic amines is 1. The van der Waals surface area contributed by atoms with Crippen molar-refractivity contribution in [3.8, 4) is 5.75 Å². The van der Waals surface area contributed by atoms with Crippen LogP contribution in [0.3, 0.4) is 0 Å². The van der Waals surface area contributed by atoms with Crippen molar-refractivity contribution in [3.05, 3.63) is 30.0 Å². The molecule has 2 rings (SSSR count). The Morgan fingerprint density at radius 2 is 1.50 bits per heavy atom. The largest absolute Gasteiger partial charge is 0.508 e. The highest BCUT2D eigenvalue weighted by atomic mass is 16.3. The van der Waals surface area contributed by atoms with Gasteiger partial charge in [0.05, 0.1) is 0 Å². The minimum Gasteiger partial charge on any atom is -0.508 e. The van der Waals surface area contributed by atoms with Crippen LogP contribution in [0.15, 0.2) is 24.4 Å². The molecule has 0 aliphatic carbocycles. The molecule has 1 heterocycles. The molecule has 0 fully saturated rings. The van der Waals surface area contributed by atoms with Crippen LogP contribution in [0.4, 0.5) is 0 Å². The number of hydrogen-bond donors (Lipinski definition) is 3. The third kappa shape index (κ3) is 9.69. The number of phenolic OH excluding ortho intramolecular Hbond substituents is 1. The van der Waals surface area contributed by atoms with E-state index in [9.17, 15) is 9.90 Å². The van der Waals surface area contributed by atoms with E-state index in [0.717, 1.165) is 35.7 Å². The van der Waals surface area contributed by atoms with E-state index in [1.54, 1.807) is 12.1 Å². The van der Waals surface area contributed by atoms with Crippen molar-refractivity contribution >= 4 is 16.8 Å². The van der Waals surface area contributed by atoms with Crippen molar-refractivity contribution in [2.45, 2.75) is 103 Å². The maximum absolute atomic E-state index is 12.0. The molecule has 0 radical (unpaired) electrons. The lowest BCUT2D eigenvalue weighted by molar-refractivity contribution is -0.121. The minimum absolute atomic E-state index is 0.153. The van der Waals surface area contributed by atoms with Crippen LogP contribution in [0.25, 0.3) is 10.9 Å². The van der Waals surface area contributed by atoms with Gasteiger partial charge in [0.25, 0.3) is 0 Å². The zero-order chi connectivity index (χ0) is 21.4. The van der Waals surface area contributed by atoms with Crippen molar-refractivity contribution in [1.82, 2.24) is 10.3 Å². The summed E-state index contributed by atoms with van der Waals surface area (Å²) in [6.45, 7) is 2.91. The number of fused-ring (bicyclic) bond motifs is 1. The summed E-state index contributed by atoms with van der Waals surface area (Å²) in [7, 11) is 0. The maximum Gasteiger partial charge on any atom is 0.220 e. The van der Waals surface area contributed by atoms with Gasteiger partial charge in [-0.05, 0) is 36.6 Å². The fraction of sp³-hybridized carbons (Fsp3) is 0.654. The third-order valence-electron chi connectivity index (χ3n) is 5.97. The number of rotatable bonds is 17. The minimum atomic E-state index is 0.153. The van der Waals surface area contributed by atoms with Gasteiger partial charge >= 0.3 is 0 Å². The molecule has 0 atom stereocenters. The number of unbranched alkanes of at least 4 members (excludes halogenated alkanes) is 12. The number of amides is 1. The van der Waals surface area contributed by atoms with Crippen molar-refractivity contribution in [3.63, 3.8) is 0 Å². The molecular formula is C26H42N2O2. The summed E-state index contributed by atoms with van der Waals surface area (Å²) in [6, 6.07) is 5.33. The van der Waals surface area contributed by atoms with Crippen LogP contribution < -0.4 is 5.32 Å². The van der Waals surface area contributed by atoms with Gasteiger partial charge in [-0.25, -0.2) is 0 Å².